The Balaban J connectivity index is 5.26. The van der Waals surface area contributed by atoms with Gasteiger partial charge in [-0.1, -0.05) is 340 Å². The summed E-state index contributed by atoms with van der Waals surface area (Å²) in [5.41, 5.74) is 0. The number of carbonyl (C=O) groups excluding carboxylic acids is 4. The molecule has 0 saturated heterocycles. The van der Waals surface area contributed by atoms with Crippen LogP contribution >= 0.6 is 15.6 Å². The summed E-state index contributed by atoms with van der Waals surface area (Å²) in [7, 11) is -9.92. The number of aliphatic hydroxyl groups excluding tert-OH is 1. The fraction of sp³-hybridized carbons (Fsp3) is 0.873. The van der Waals surface area contributed by atoms with E-state index in [1.807, 2.05) is 0 Å². The molecular formula is C79H148O17P2. The highest BCUT2D eigenvalue weighted by atomic mass is 31.2. The van der Waals surface area contributed by atoms with Gasteiger partial charge in [0.25, 0.3) is 0 Å². The van der Waals surface area contributed by atoms with Crippen molar-refractivity contribution in [2.24, 2.45) is 0 Å². The summed E-state index contributed by atoms with van der Waals surface area (Å²) in [6.07, 6.45) is 68.3. The van der Waals surface area contributed by atoms with Crippen LogP contribution in [0.4, 0.5) is 0 Å². The molecular weight excluding hydrogens is 1280 g/mol. The largest absolute Gasteiger partial charge is 0.472 e. The standard InChI is InChI=1S/C79H148O17P2/c1-5-9-13-17-21-25-29-32-35-36-39-41-45-48-52-56-60-64-77(82)89-69-74(95-78(83)65-61-57-53-49-43-28-24-20-16-12-8-4)71-93-97(85,86)91-67-73(80)68-92-98(87,88)94-72-75(96-79(84)66-62-58-54-50-46-42-38-34-31-27-23-19-15-11-7-3)70-90-76(81)63-59-55-51-47-44-40-37-33-30-26-22-18-14-10-6-2/h9,13,21,25,32,35,73-75,80H,5-8,10-12,14-20,22-24,26-31,33-34,36-72H2,1-4H3,(H,85,86)(H,87,88)/b13-9-,25-21-,35-32-. The van der Waals surface area contributed by atoms with Crippen molar-refractivity contribution in [1.29, 1.82) is 0 Å². The van der Waals surface area contributed by atoms with Gasteiger partial charge in [0.1, 0.15) is 19.3 Å². The molecule has 0 bridgehead atoms. The second kappa shape index (κ2) is 72.6. The number of ether oxygens (including phenoxy) is 4. The monoisotopic (exact) mass is 1430 g/mol. The quantitative estimate of drug-likeness (QED) is 0.0169. The third-order valence-electron chi connectivity index (χ3n) is 17.6. The smallest absolute Gasteiger partial charge is 0.462 e. The van der Waals surface area contributed by atoms with Crippen molar-refractivity contribution >= 4 is 39.5 Å². The van der Waals surface area contributed by atoms with Crippen molar-refractivity contribution in [1.82, 2.24) is 0 Å². The van der Waals surface area contributed by atoms with E-state index in [0.717, 1.165) is 135 Å². The third-order valence-corrected chi connectivity index (χ3v) is 19.6. The summed E-state index contributed by atoms with van der Waals surface area (Å²) in [5.74, 6) is -2.13. The first-order chi connectivity index (χ1) is 47.7. The minimum absolute atomic E-state index is 0.101. The van der Waals surface area contributed by atoms with Gasteiger partial charge in [0, 0.05) is 25.7 Å². The van der Waals surface area contributed by atoms with Gasteiger partial charge in [-0.2, -0.15) is 0 Å². The molecule has 0 fully saturated rings. The number of phosphoric acid groups is 2. The maximum absolute atomic E-state index is 13.1. The Labute approximate surface area is 598 Å². The van der Waals surface area contributed by atoms with Crippen LogP contribution in [-0.2, 0) is 65.4 Å². The molecule has 17 nitrogen and oxygen atoms in total. The molecule has 0 rings (SSSR count). The second-order valence-corrected chi connectivity index (χ2v) is 30.3. The molecule has 0 aromatic carbocycles. The van der Waals surface area contributed by atoms with Gasteiger partial charge in [-0.3, -0.25) is 37.3 Å². The number of rotatable bonds is 77. The Kier molecular flexibility index (Phi) is 70.6. The number of allylic oxidation sites excluding steroid dienone is 6. The van der Waals surface area contributed by atoms with E-state index >= 15 is 0 Å². The van der Waals surface area contributed by atoms with Crippen LogP contribution in [0.3, 0.4) is 0 Å². The summed E-state index contributed by atoms with van der Waals surface area (Å²) < 4.78 is 68.6. The first-order valence-corrected chi connectivity index (χ1v) is 43.2. The lowest BCUT2D eigenvalue weighted by Crippen LogP contribution is -2.30. The number of hydrogen-bond donors (Lipinski definition) is 3. The highest BCUT2D eigenvalue weighted by Gasteiger charge is 2.30. The Morgan fingerprint density at radius 1 is 0.296 bits per heavy atom. The molecule has 19 heteroatoms. The van der Waals surface area contributed by atoms with E-state index in [0.29, 0.717) is 25.7 Å². The van der Waals surface area contributed by atoms with Crippen molar-refractivity contribution < 1.29 is 80.2 Å². The molecule has 0 aromatic heterocycles. The Morgan fingerprint density at radius 3 is 0.816 bits per heavy atom. The fourth-order valence-electron chi connectivity index (χ4n) is 11.5. The van der Waals surface area contributed by atoms with Crippen molar-refractivity contribution in [3.8, 4) is 0 Å². The van der Waals surface area contributed by atoms with Crippen molar-refractivity contribution in [3.63, 3.8) is 0 Å². The van der Waals surface area contributed by atoms with Crippen LogP contribution in [-0.4, -0.2) is 96.7 Å². The van der Waals surface area contributed by atoms with E-state index in [-0.39, 0.29) is 25.7 Å². The van der Waals surface area contributed by atoms with Gasteiger partial charge in [-0.05, 0) is 57.8 Å². The normalized spacial score (nSPS) is 14.1. The van der Waals surface area contributed by atoms with E-state index in [1.165, 1.54) is 173 Å². The highest BCUT2D eigenvalue weighted by Crippen LogP contribution is 2.45. The van der Waals surface area contributed by atoms with Gasteiger partial charge in [0.05, 0.1) is 26.4 Å². The molecule has 0 saturated carbocycles. The molecule has 98 heavy (non-hydrogen) atoms. The lowest BCUT2D eigenvalue weighted by Gasteiger charge is -2.21. The summed E-state index contributed by atoms with van der Waals surface area (Å²) in [5, 5.41) is 10.6. The maximum Gasteiger partial charge on any atom is 0.472 e. The van der Waals surface area contributed by atoms with Crippen molar-refractivity contribution in [2.45, 2.75) is 406 Å². The first-order valence-electron chi connectivity index (χ1n) is 40.2. The van der Waals surface area contributed by atoms with E-state index in [9.17, 15) is 43.2 Å². The molecule has 0 aliphatic carbocycles. The van der Waals surface area contributed by atoms with E-state index < -0.39 is 97.5 Å². The lowest BCUT2D eigenvalue weighted by atomic mass is 10.0. The van der Waals surface area contributed by atoms with Gasteiger partial charge < -0.3 is 33.8 Å². The Hall–Kier alpha value is -2.72. The van der Waals surface area contributed by atoms with Crippen molar-refractivity contribution in [3.05, 3.63) is 36.5 Å². The Bertz CT molecular complexity index is 2000. The molecule has 5 unspecified atom stereocenters. The minimum atomic E-state index is -4.96. The minimum Gasteiger partial charge on any atom is -0.462 e. The van der Waals surface area contributed by atoms with Gasteiger partial charge in [0.2, 0.25) is 0 Å². The third kappa shape index (κ3) is 71.7. The van der Waals surface area contributed by atoms with Crippen LogP contribution in [0.5, 0.6) is 0 Å². The summed E-state index contributed by atoms with van der Waals surface area (Å²) >= 11 is 0. The fourth-order valence-corrected chi connectivity index (χ4v) is 13.1. The van der Waals surface area contributed by atoms with Gasteiger partial charge in [0.15, 0.2) is 12.2 Å². The molecule has 0 radical (unpaired) electrons. The molecule has 0 aliphatic rings. The zero-order valence-electron chi connectivity index (χ0n) is 63.0. The molecule has 576 valence electrons. The number of unbranched alkanes of at least 4 members (excludes halogenated alkanes) is 45. The van der Waals surface area contributed by atoms with Crippen LogP contribution in [0.15, 0.2) is 36.5 Å². The molecule has 0 heterocycles. The van der Waals surface area contributed by atoms with E-state index in [2.05, 4.69) is 64.2 Å². The second-order valence-electron chi connectivity index (χ2n) is 27.4. The van der Waals surface area contributed by atoms with Crippen LogP contribution in [0.25, 0.3) is 0 Å². The molecule has 3 N–H and O–H groups in total. The summed E-state index contributed by atoms with van der Waals surface area (Å²) in [6, 6.07) is 0. The SMILES string of the molecule is CC/C=C\C/C=C\C/C=C\CCCCCCCCCC(=O)OCC(COP(=O)(O)OCC(O)COP(=O)(O)OCC(COC(=O)CCCCCCCCCCCCCCCCC)OC(=O)CCCCCCCCCCCCCCCCC)OC(=O)CCCCCCCCCCCCC. The zero-order valence-corrected chi connectivity index (χ0v) is 64.8. The number of hydrogen-bond acceptors (Lipinski definition) is 15. The molecule has 0 aromatic rings. The number of aliphatic hydroxyl groups is 1. The number of carbonyl (C=O) groups is 4. The van der Waals surface area contributed by atoms with Gasteiger partial charge >= 0.3 is 39.5 Å². The van der Waals surface area contributed by atoms with Crippen LogP contribution in [0.2, 0.25) is 0 Å². The predicted octanol–water partition coefficient (Wildman–Crippen LogP) is 23.1. The average molecular weight is 1430 g/mol. The van der Waals surface area contributed by atoms with Crippen LogP contribution in [0, 0.1) is 0 Å². The molecule has 5 atom stereocenters. The predicted molar refractivity (Wildman–Crippen MR) is 400 cm³/mol. The number of esters is 4. The van der Waals surface area contributed by atoms with Crippen LogP contribution < -0.4 is 0 Å². The molecule has 0 amide bonds. The number of phosphoric ester groups is 2. The van der Waals surface area contributed by atoms with E-state index in [1.54, 1.807) is 0 Å². The lowest BCUT2D eigenvalue weighted by molar-refractivity contribution is -0.161. The van der Waals surface area contributed by atoms with Crippen LogP contribution in [0.1, 0.15) is 387 Å². The maximum atomic E-state index is 13.1. The molecule has 0 spiro atoms. The summed E-state index contributed by atoms with van der Waals surface area (Å²) in [6.45, 7) is 4.85. The van der Waals surface area contributed by atoms with Crippen molar-refractivity contribution in [2.75, 3.05) is 39.6 Å². The van der Waals surface area contributed by atoms with Gasteiger partial charge in [-0.25, -0.2) is 9.13 Å². The average Bonchev–Trinajstić information content (AvgIpc) is 0.986. The first kappa shape index (κ1) is 95.3. The Morgan fingerprint density at radius 2 is 0.531 bits per heavy atom. The molecule has 0 aliphatic heterocycles. The van der Waals surface area contributed by atoms with E-state index in [4.69, 9.17) is 37.0 Å². The summed E-state index contributed by atoms with van der Waals surface area (Å²) in [4.78, 5) is 72.9. The topological polar surface area (TPSA) is 237 Å². The van der Waals surface area contributed by atoms with Gasteiger partial charge in [-0.15, -0.1) is 0 Å². The zero-order chi connectivity index (χ0) is 71.8. The highest BCUT2D eigenvalue weighted by molar-refractivity contribution is 7.47.